The third-order valence-corrected chi connectivity index (χ3v) is 4.91. The zero-order chi connectivity index (χ0) is 16.6. The molecule has 0 radical (unpaired) electrons. The second kappa shape index (κ2) is 6.18. The van der Waals surface area contributed by atoms with Crippen molar-refractivity contribution < 1.29 is 9.53 Å². The van der Waals surface area contributed by atoms with Gasteiger partial charge in [-0.1, -0.05) is 35.1 Å². The lowest BCUT2D eigenvalue weighted by Gasteiger charge is -2.08. The zero-order valence-electron chi connectivity index (χ0n) is 12.9. The molecule has 1 amide bonds. The molecule has 0 fully saturated rings. The number of anilines is 1. The summed E-state index contributed by atoms with van der Waals surface area (Å²) in [5.74, 6) is 0.180. The number of methoxy groups -OCH3 is 1. The van der Waals surface area contributed by atoms with E-state index in [4.69, 9.17) is 16.3 Å². The summed E-state index contributed by atoms with van der Waals surface area (Å²) in [6.45, 7) is 4.04. The summed E-state index contributed by atoms with van der Waals surface area (Å²) in [6, 6.07) is 9.02. The molecule has 23 heavy (non-hydrogen) atoms. The Hall–Kier alpha value is -2.11. The molecule has 2 aromatic carbocycles. The molecular weight excluding hydrogens is 332 g/mol. The van der Waals surface area contributed by atoms with E-state index in [9.17, 15) is 4.79 Å². The minimum atomic E-state index is -0.293. The van der Waals surface area contributed by atoms with Gasteiger partial charge in [-0.2, -0.15) is 0 Å². The van der Waals surface area contributed by atoms with Crippen molar-refractivity contribution in [3.8, 4) is 5.75 Å². The fourth-order valence-corrected chi connectivity index (χ4v) is 3.51. The summed E-state index contributed by atoms with van der Waals surface area (Å²) in [5, 5.41) is 3.87. The van der Waals surface area contributed by atoms with Gasteiger partial charge in [0.05, 0.1) is 22.9 Å². The first-order valence-corrected chi connectivity index (χ1v) is 8.20. The van der Waals surface area contributed by atoms with Crippen LogP contribution in [-0.2, 0) is 0 Å². The quantitative estimate of drug-likeness (QED) is 0.739. The van der Waals surface area contributed by atoms with Crippen LogP contribution in [0.5, 0.6) is 5.75 Å². The number of hydrogen-bond donors (Lipinski definition) is 1. The number of nitrogens with one attached hydrogen (secondary N) is 1. The Bertz CT molecular complexity index is 866. The zero-order valence-corrected chi connectivity index (χ0v) is 14.5. The lowest BCUT2D eigenvalue weighted by Crippen LogP contribution is -2.13. The molecule has 3 rings (SSSR count). The summed E-state index contributed by atoms with van der Waals surface area (Å²) in [6.07, 6.45) is 0. The maximum absolute atomic E-state index is 12.5. The van der Waals surface area contributed by atoms with Gasteiger partial charge < -0.3 is 4.74 Å². The van der Waals surface area contributed by atoms with Gasteiger partial charge in [-0.15, -0.1) is 0 Å². The molecule has 0 atom stereocenters. The summed E-state index contributed by atoms with van der Waals surface area (Å²) in [4.78, 5) is 17.0. The van der Waals surface area contributed by atoms with Gasteiger partial charge in [0.1, 0.15) is 5.75 Å². The highest BCUT2D eigenvalue weighted by molar-refractivity contribution is 7.22. The van der Waals surface area contributed by atoms with E-state index in [0.29, 0.717) is 21.5 Å². The van der Waals surface area contributed by atoms with E-state index >= 15 is 0 Å². The molecule has 0 aliphatic rings. The van der Waals surface area contributed by atoms with E-state index in [1.165, 1.54) is 18.4 Å². The van der Waals surface area contributed by atoms with Crippen molar-refractivity contribution in [3.63, 3.8) is 0 Å². The van der Waals surface area contributed by atoms with E-state index in [1.807, 2.05) is 19.9 Å². The van der Waals surface area contributed by atoms with Crippen molar-refractivity contribution in [2.75, 3.05) is 12.4 Å². The Morgan fingerprint density at radius 3 is 2.65 bits per heavy atom. The van der Waals surface area contributed by atoms with E-state index in [2.05, 4.69) is 16.4 Å². The SMILES string of the molecule is COc1ccc(Cl)cc1C(=O)Nc1nc2c(C)ccc(C)c2s1. The van der Waals surface area contributed by atoms with Crippen LogP contribution in [0, 0.1) is 13.8 Å². The Kier molecular flexibility index (Phi) is 4.24. The molecule has 118 valence electrons. The monoisotopic (exact) mass is 346 g/mol. The smallest absolute Gasteiger partial charge is 0.261 e. The van der Waals surface area contributed by atoms with Crippen LogP contribution in [0.3, 0.4) is 0 Å². The summed E-state index contributed by atoms with van der Waals surface area (Å²) >= 11 is 7.44. The van der Waals surface area contributed by atoms with Gasteiger partial charge in [0.2, 0.25) is 0 Å². The number of aromatic nitrogens is 1. The Morgan fingerprint density at radius 1 is 1.22 bits per heavy atom. The number of nitrogens with zero attached hydrogens (tertiary/aromatic N) is 1. The molecule has 0 saturated heterocycles. The van der Waals surface area contributed by atoms with Crippen molar-refractivity contribution in [3.05, 3.63) is 52.0 Å². The van der Waals surface area contributed by atoms with E-state index in [-0.39, 0.29) is 5.91 Å². The highest BCUT2D eigenvalue weighted by Gasteiger charge is 2.16. The van der Waals surface area contributed by atoms with Gasteiger partial charge in [-0.3, -0.25) is 10.1 Å². The number of fused-ring (bicyclic) bond motifs is 1. The van der Waals surface area contributed by atoms with E-state index < -0.39 is 0 Å². The van der Waals surface area contributed by atoms with E-state index in [1.54, 1.807) is 18.2 Å². The number of aryl methyl sites for hydroxylation is 2. The van der Waals surface area contributed by atoms with Crippen molar-refractivity contribution in [1.82, 2.24) is 4.98 Å². The summed E-state index contributed by atoms with van der Waals surface area (Å²) < 4.78 is 6.30. The van der Waals surface area contributed by atoms with Crippen molar-refractivity contribution in [2.45, 2.75) is 13.8 Å². The van der Waals surface area contributed by atoms with Gasteiger partial charge >= 0.3 is 0 Å². The van der Waals surface area contributed by atoms with Gasteiger partial charge in [-0.05, 0) is 43.2 Å². The number of carbonyl (C=O) groups excluding carboxylic acids is 1. The predicted octanol–water partition coefficient (Wildman–Crippen LogP) is 4.83. The second-order valence-electron chi connectivity index (χ2n) is 5.19. The molecule has 6 heteroatoms. The second-order valence-corrected chi connectivity index (χ2v) is 6.63. The van der Waals surface area contributed by atoms with Crippen LogP contribution in [-0.4, -0.2) is 18.0 Å². The maximum atomic E-state index is 12.5. The molecular formula is C17H15ClN2O2S. The van der Waals surface area contributed by atoms with Gasteiger partial charge in [0, 0.05) is 5.02 Å². The Balaban J connectivity index is 1.96. The average Bonchev–Trinajstić information content (AvgIpc) is 2.96. The molecule has 3 aromatic rings. The van der Waals surface area contributed by atoms with Crippen LogP contribution in [0.2, 0.25) is 5.02 Å². The highest BCUT2D eigenvalue weighted by Crippen LogP contribution is 2.31. The molecule has 1 N–H and O–H groups in total. The number of thiazole rings is 1. The Labute approximate surface area is 143 Å². The lowest BCUT2D eigenvalue weighted by molar-refractivity contribution is 0.102. The van der Waals surface area contributed by atoms with Crippen LogP contribution in [0.25, 0.3) is 10.2 Å². The number of amides is 1. The number of carbonyl (C=O) groups is 1. The number of benzene rings is 2. The topological polar surface area (TPSA) is 51.2 Å². The average molecular weight is 347 g/mol. The summed E-state index contributed by atoms with van der Waals surface area (Å²) in [5.41, 5.74) is 3.53. The number of halogens is 1. The predicted molar refractivity (Wildman–Crippen MR) is 95.1 cm³/mol. The maximum Gasteiger partial charge on any atom is 0.261 e. The van der Waals surface area contributed by atoms with Crippen molar-refractivity contribution in [1.29, 1.82) is 0 Å². The first-order valence-electron chi connectivity index (χ1n) is 7.01. The lowest BCUT2D eigenvalue weighted by atomic mass is 10.1. The molecule has 0 unspecified atom stereocenters. The van der Waals surface area contributed by atoms with Crippen LogP contribution in [0.4, 0.5) is 5.13 Å². The van der Waals surface area contributed by atoms with Crippen LogP contribution in [0.15, 0.2) is 30.3 Å². The third kappa shape index (κ3) is 3.02. The van der Waals surface area contributed by atoms with E-state index in [0.717, 1.165) is 21.3 Å². The van der Waals surface area contributed by atoms with Crippen LogP contribution in [0.1, 0.15) is 21.5 Å². The minimum Gasteiger partial charge on any atom is -0.496 e. The first-order chi connectivity index (χ1) is 11.0. The standard InChI is InChI=1S/C17H15ClN2O2S/c1-9-4-5-10(2)15-14(9)19-17(23-15)20-16(21)12-8-11(18)6-7-13(12)22-3/h4-8H,1-3H3,(H,19,20,21). The highest BCUT2D eigenvalue weighted by atomic mass is 35.5. The Morgan fingerprint density at radius 2 is 1.96 bits per heavy atom. The largest absolute Gasteiger partial charge is 0.496 e. The molecule has 1 aromatic heterocycles. The van der Waals surface area contributed by atoms with Crippen molar-refractivity contribution in [2.24, 2.45) is 0 Å². The van der Waals surface area contributed by atoms with Crippen LogP contribution >= 0.6 is 22.9 Å². The number of hydrogen-bond acceptors (Lipinski definition) is 4. The number of ether oxygens (including phenoxy) is 1. The molecule has 0 aliphatic carbocycles. The molecule has 0 aliphatic heterocycles. The fourth-order valence-electron chi connectivity index (χ4n) is 2.33. The van der Waals surface area contributed by atoms with Crippen molar-refractivity contribution >= 4 is 44.2 Å². The van der Waals surface area contributed by atoms with Gasteiger partial charge in [0.25, 0.3) is 5.91 Å². The normalized spacial score (nSPS) is 10.8. The molecule has 0 bridgehead atoms. The van der Waals surface area contributed by atoms with Crippen LogP contribution < -0.4 is 10.1 Å². The first kappa shape index (κ1) is 15.8. The third-order valence-electron chi connectivity index (χ3n) is 3.57. The minimum absolute atomic E-state index is 0.293. The molecule has 4 nitrogen and oxygen atoms in total. The van der Waals surface area contributed by atoms with Gasteiger partial charge in [0.15, 0.2) is 5.13 Å². The molecule has 0 saturated carbocycles. The summed E-state index contributed by atoms with van der Waals surface area (Å²) in [7, 11) is 1.52. The molecule has 1 heterocycles. The number of rotatable bonds is 3. The fraction of sp³-hybridized carbons (Fsp3) is 0.176. The molecule has 0 spiro atoms. The van der Waals surface area contributed by atoms with Gasteiger partial charge in [-0.25, -0.2) is 4.98 Å².